The quantitative estimate of drug-likeness (QED) is 0.570. The number of primary amides is 1. The van der Waals surface area contributed by atoms with Gasteiger partial charge in [-0.1, -0.05) is 18.2 Å². The van der Waals surface area contributed by atoms with Crippen LogP contribution in [0.15, 0.2) is 54.7 Å². The number of anilines is 4. The van der Waals surface area contributed by atoms with E-state index in [-0.39, 0.29) is 5.75 Å². The van der Waals surface area contributed by atoms with Crippen molar-refractivity contribution in [1.29, 1.82) is 0 Å². The predicted octanol–water partition coefficient (Wildman–Crippen LogP) is 3.08. The number of nitrogens with two attached hydrogens (primary N) is 1. The summed E-state index contributed by atoms with van der Waals surface area (Å²) in [6, 6.07) is 13.6. The first-order valence-electron chi connectivity index (χ1n) is 7.58. The van der Waals surface area contributed by atoms with Crippen LogP contribution < -0.4 is 16.4 Å². The highest BCUT2D eigenvalue weighted by Gasteiger charge is 2.09. The van der Waals surface area contributed by atoms with Gasteiger partial charge < -0.3 is 21.5 Å². The molecule has 0 radical (unpaired) electrons. The summed E-state index contributed by atoms with van der Waals surface area (Å²) in [4.78, 5) is 20.0. The smallest absolute Gasteiger partial charge is 0.250 e. The Labute approximate surface area is 144 Å². The molecule has 0 fully saturated rings. The molecule has 1 amide bonds. The van der Waals surface area contributed by atoms with Gasteiger partial charge in [0.15, 0.2) is 0 Å². The Morgan fingerprint density at radius 3 is 2.68 bits per heavy atom. The maximum absolute atomic E-state index is 11.5. The average molecular weight is 335 g/mol. The molecule has 0 aliphatic carbocycles. The summed E-state index contributed by atoms with van der Waals surface area (Å²) in [7, 11) is 0. The molecule has 3 rings (SSSR count). The van der Waals surface area contributed by atoms with Crippen molar-refractivity contribution in [2.24, 2.45) is 5.73 Å². The minimum absolute atomic E-state index is 0.163. The maximum atomic E-state index is 11.5. The van der Waals surface area contributed by atoms with Crippen molar-refractivity contribution in [2.75, 3.05) is 10.6 Å². The zero-order valence-corrected chi connectivity index (χ0v) is 13.5. The van der Waals surface area contributed by atoms with Gasteiger partial charge in [0.1, 0.15) is 11.6 Å². The summed E-state index contributed by atoms with van der Waals surface area (Å²) in [6.07, 6.45) is 1.59. The topological polar surface area (TPSA) is 113 Å². The van der Waals surface area contributed by atoms with E-state index < -0.39 is 5.91 Å². The van der Waals surface area contributed by atoms with Crippen LogP contribution in [0.2, 0.25) is 0 Å². The van der Waals surface area contributed by atoms with Crippen LogP contribution in [0.1, 0.15) is 15.9 Å². The molecule has 1 aromatic heterocycles. The van der Waals surface area contributed by atoms with Crippen LogP contribution in [0.5, 0.6) is 5.75 Å². The van der Waals surface area contributed by atoms with Gasteiger partial charge in [-0.25, -0.2) is 4.98 Å². The van der Waals surface area contributed by atoms with Gasteiger partial charge in [0.05, 0.1) is 11.3 Å². The van der Waals surface area contributed by atoms with Gasteiger partial charge in [-0.3, -0.25) is 4.79 Å². The van der Waals surface area contributed by atoms with Crippen LogP contribution in [-0.4, -0.2) is 21.0 Å². The molecule has 7 nitrogen and oxygen atoms in total. The molecule has 0 saturated carbocycles. The number of benzene rings is 2. The number of phenols is 1. The van der Waals surface area contributed by atoms with Crippen LogP contribution in [-0.2, 0) is 0 Å². The molecule has 0 unspecified atom stereocenters. The van der Waals surface area contributed by atoms with E-state index in [4.69, 9.17) is 5.73 Å². The van der Waals surface area contributed by atoms with Crippen molar-refractivity contribution in [3.63, 3.8) is 0 Å². The van der Waals surface area contributed by atoms with E-state index >= 15 is 0 Å². The number of aryl methyl sites for hydroxylation is 1. The van der Waals surface area contributed by atoms with Crippen LogP contribution in [0.4, 0.5) is 23.1 Å². The van der Waals surface area contributed by atoms with Gasteiger partial charge in [0.2, 0.25) is 5.95 Å². The first-order chi connectivity index (χ1) is 12.0. The summed E-state index contributed by atoms with van der Waals surface area (Å²) < 4.78 is 0. The van der Waals surface area contributed by atoms with Crippen molar-refractivity contribution in [1.82, 2.24) is 9.97 Å². The second-order valence-corrected chi connectivity index (χ2v) is 5.42. The number of aromatic nitrogens is 2. The minimum Gasteiger partial charge on any atom is -0.508 e. The lowest BCUT2D eigenvalue weighted by Crippen LogP contribution is -2.13. The second-order valence-electron chi connectivity index (χ2n) is 5.42. The van der Waals surface area contributed by atoms with E-state index in [1.54, 1.807) is 54.7 Å². The lowest BCUT2D eigenvalue weighted by atomic mass is 10.1. The lowest BCUT2D eigenvalue weighted by molar-refractivity contribution is 0.100. The molecule has 5 N–H and O–H groups in total. The van der Waals surface area contributed by atoms with Gasteiger partial charge in [0, 0.05) is 18.0 Å². The Balaban J connectivity index is 1.85. The van der Waals surface area contributed by atoms with Crippen LogP contribution in [0.3, 0.4) is 0 Å². The van der Waals surface area contributed by atoms with Crippen molar-refractivity contribution < 1.29 is 9.90 Å². The number of rotatable bonds is 5. The molecule has 126 valence electrons. The molecule has 0 atom stereocenters. The van der Waals surface area contributed by atoms with Gasteiger partial charge in [-0.2, -0.15) is 4.98 Å². The van der Waals surface area contributed by atoms with Crippen molar-refractivity contribution in [2.45, 2.75) is 6.92 Å². The molecule has 0 saturated heterocycles. The van der Waals surface area contributed by atoms with Crippen LogP contribution >= 0.6 is 0 Å². The number of hydrogen-bond acceptors (Lipinski definition) is 6. The third kappa shape index (κ3) is 3.84. The van der Waals surface area contributed by atoms with E-state index in [9.17, 15) is 9.90 Å². The summed E-state index contributed by atoms with van der Waals surface area (Å²) >= 11 is 0. The largest absolute Gasteiger partial charge is 0.508 e. The molecular weight excluding hydrogens is 318 g/mol. The SMILES string of the molecule is Cc1ccc(O)cc1Nc1ccnc(Nc2ccccc2C(N)=O)n1. The Morgan fingerprint density at radius 1 is 1.08 bits per heavy atom. The molecular formula is C18H17N5O2. The number of hydrogen-bond donors (Lipinski definition) is 4. The first-order valence-corrected chi connectivity index (χ1v) is 7.58. The predicted molar refractivity (Wildman–Crippen MR) is 96.4 cm³/mol. The highest BCUT2D eigenvalue weighted by Crippen LogP contribution is 2.25. The summed E-state index contributed by atoms with van der Waals surface area (Å²) in [6.45, 7) is 1.92. The van der Waals surface area contributed by atoms with Gasteiger partial charge in [-0.05, 0) is 36.8 Å². The summed E-state index contributed by atoms with van der Waals surface area (Å²) in [5.74, 6) is 0.489. The Morgan fingerprint density at radius 2 is 1.88 bits per heavy atom. The number of nitrogens with one attached hydrogen (secondary N) is 2. The van der Waals surface area contributed by atoms with E-state index in [1.807, 2.05) is 6.92 Å². The molecule has 1 heterocycles. The number of nitrogens with zero attached hydrogens (tertiary/aromatic N) is 2. The van der Waals surface area contributed by atoms with Crippen molar-refractivity contribution >= 4 is 29.0 Å². The van der Waals surface area contributed by atoms with Crippen LogP contribution in [0, 0.1) is 6.92 Å². The number of carbonyl (C=O) groups excluding carboxylic acids is 1. The number of para-hydroxylation sites is 1. The fraction of sp³-hybridized carbons (Fsp3) is 0.0556. The minimum atomic E-state index is -0.534. The zero-order chi connectivity index (χ0) is 17.8. The molecule has 0 aliphatic heterocycles. The van der Waals surface area contributed by atoms with Crippen molar-refractivity contribution in [3.8, 4) is 5.75 Å². The van der Waals surface area contributed by atoms with E-state index in [1.165, 1.54) is 0 Å². The molecule has 2 aromatic carbocycles. The molecule has 7 heteroatoms. The second kappa shape index (κ2) is 6.88. The Bertz CT molecular complexity index is 927. The van der Waals surface area contributed by atoms with Crippen LogP contribution in [0.25, 0.3) is 0 Å². The number of aromatic hydroxyl groups is 1. The summed E-state index contributed by atoms with van der Waals surface area (Å²) in [5, 5.41) is 15.7. The van der Waals surface area contributed by atoms with E-state index in [0.717, 1.165) is 11.3 Å². The normalized spacial score (nSPS) is 10.3. The molecule has 0 bridgehead atoms. The maximum Gasteiger partial charge on any atom is 0.250 e. The number of amides is 1. The fourth-order valence-corrected chi connectivity index (χ4v) is 2.30. The highest BCUT2D eigenvalue weighted by molar-refractivity contribution is 5.98. The highest BCUT2D eigenvalue weighted by atomic mass is 16.3. The van der Waals surface area contributed by atoms with Gasteiger partial charge >= 0.3 is 0 Å². The first kappa shape index (κ1) is 16.3. The Kier molecular flexibility index (Phi) is 4.47. The van der Waals surface area contributed by atoms with E-state index in [0.29, 0.717) is 23.0 Å². The lowest BCUT2D eigenvalue weighted by Gasteiger charge is -2.12. The Hall–Kier alpha value is -3.61. The van der Waals surface area contributed by atoms with Crippen molar-refractivity contribution in [3.05, 3.63) is 65.9 Å². The third-order valence-corrected chi connectivity index (χ3v) is 3.58. The average Bonchev–Trinajstić information content (AvgIpc) is 2.59. The summed E-state index contributed by atoms with van der Waals surface area (Å²) in [5.41, 5.74) is 7.96. The molecule has 3 aromatic rings. The number of phenolic OH excluding ortho intramolecular Hbond substituents is 1. The molecule has 0 aliphatic rings. The standard InChI is InChI=1S/C18H17N5O2/c1-11-6-7-12(24)10-15(11)21-16-8-9-20-18(23-16)22-14-5-3-2-4-13(14)17(19)25/h2-10,24H,1H3,(H2,19,25)(H2,20,21,22,23). The monoisotopic (exact) mass is 335 g/mol. The fourth-order valence-electron chi connectivity index (χ4n) is 2.30. The van der Waals surface area contributed by atoms with Gasteiger partial charge in [0.25, 0.3) is 5.91 Å². The molecule has 25 heavy (non-hydrogen) atoms. The number of carbonyl (C=O) groups is 1. The molecule has 0 spiro atoms. The van der Waals surface area contributed by atoms with Gasteiger partial charge in [-0.15, -0.1) is 0 Å². The van der Waals surface area contributed by atoms with E-state index in [2.05, 4.69) is 20.6 Å². The zero-order valence-electron chi connectivity index (χ0n) is 13.5. The third-order valence-electron chi connectivity index (χ3n) is 3.58.